The molecule has 0 aromatic heterocycles. The number of hydrogen-bond donors (Lipinski definition) is 1. The third-order valence-electron chi connectivity index (χ3n) is 5.43. The predicted octanol–water partition coefficient (Wildman–Crippen LogP) is 2.80. The Bertz CT molecular complexity index is 272. The Morgan fingerprint density at radius 3 is 2.00 bits per heavy atom. The first-order valence-electron chi connectivity index (χ1n) is 8.27. The molecule has 3 nitrogen and oxygen atoms in total. The highest BCUT2D eigenvalue weighted by Crippen LogP contribution is 2.43. The fourth-order valence-corrected chi connectivity index (χ4v) is 3.62. The lowest BCUT2D eigenvalue weighted by Gasteiger charge is -2.48. The Morgan fingerprint density at radius 2 is 1.60 bits per heavy atom. The third kappa shape index (κ3) is 4.71. The first-order valence-corrected chi connectivity index (χ1v) is 8.27. The first kappa shape index (κ1) is 17.9. The molecular weight excluding hydrogens is 246 g/mol. The van der Waals surface area contributed by atoms with Crippen LogP contribution >= 0.6 is 0 Å². The van der Waals surface area contributed by atoms with Crippen LogP contribution < -0.4 is 5.73 Å². The van der Waals surface area contributed by atoms with Crippen molar-refractivity contribution in [3.8, 4) is 0 Å². The summed E-state index contributed by atoms with van der Waals surface area (Å²) >= 11 is 0. The van der Waals surface area contributed by atoms with Crippen molar-refractivity contribution >= 4 is 0 Å². The average molecular weight is 284 g/mol. The molecule has 0 atom stereocenters. The number of nitrogens with zero attached hydrogens (tertiary/aromatic N) is 2. The van der Waals surface area contributed by atoms with E-state index in [0.29, 0.717) is 5.41 Å². The highest BCUT2D eigenvalue weighted by Gasteiger charge is 2.40. The molecule has 3 heteroatoms. The molecule has 0 aliphatic heterocycles. The first-order chi connectivity index (χ1) is 9.21. The molecule has 0 unspecified atom stereocenters. The van der Waals surface area contributed by atoms with Crippen molar-refractivity contribution in [2.75, 3.05) is 40.8 Å². The molecule has 0 bridgehead atoms. The van der Waals surface area contributed by atoms with E-state index in [9.17, 15) is 0 Å². The molecule has 0 spiro atoms. The predicted molar refractivity (Wildman–Crippen MR) is 89.0 cm³/mol. The molecule has 1 aliphatic carbocycles. The molecule has 20 heavy (non-hydrogen) atoms. The van der Waals surface area contributed by atoms with Crippen LogP contribution in [0.15, 0.2) is 0 Å². The van der Waals surface area contributed by atoms with Gasteiger partial charge in [-0.1, -0.05) is 20.8 Å². The normalized spacial score (nSPS) is 28.4. The van der Waals surface area contributed by atoms with Gasteiger partial charge in [-0.3, -0.25) is 4.90 Å². The minimum absolute atomic E-state index is 0.258. The molecule has 1 saturated carbocycles. The number of likely N-dealkylation sites (N-methyl/N-ethyl adjacent to an activating group) is 1. The monoisotopic (exact) mass is 283 g/mol. The third-order valence-corrected chi connectivity index (χ3v) is 5.43. The van der Waals surface area contributed by atoms with E-state index in [1.807, 2.05) is 0 Å². The molecule has 1 aliphatic rings. The molecule has 0 radical (unpaired) electrons. The lowest BCUT2D eigenvalue weighted by Crippen LogP contribution is -2.55. The van der Waals surface area contributed by atoms with E-state index in [4.69, 9.17) is 5.73 Å². The fraction of sp³-hybridized carbons (Fsp3) is 1.00. The molecular formula is C17H37N3. The molecule has 1 fully saturated rings. The van der Waals surface area contributed by atoms with Crippen molar-refractivity contribution in [1.29, 1.82) is 0 Å². The summed E-state index contributed by atoms with van der Waals surface area (Å²) in [5.41, 5.74) is 6.88. The zero-order chi connectivity index (χ0) is 15.4. The van der Waals surface area contributed by atoms with Crippen LogP contribution in [0.5, 0.6) is 0 Å². The van der Waals surface area contributed by atoms with Crippen LogP contribution in [0.2, 0.25) is 0 Å². The van der Waals surface area contributed by atoms with Gasteiger partial charge in [0.15, 0.2) is 0 Å². The summed E-state index contributed by atoms with van der Waals surface area (Å²) in [5, 5.41) is 0. The van der Waals surface area contributed by atoms with Crippen molar-refractivity contribution in [1.82, 2.24) is 9.80 Å². The smallest absolute Gasteiger partial charge is 0.0328 e. The van der Waals surface area contributed by atoms with Gasteiger partial charge < -0.3 is 10.6 Å². The second kappa shape index (κ2) is 7.24. The quantitative estimate of drug-likeness (QED) is 0.813. The second-order valence-electron chi connectivity index (χ2n) is 8.15. The van der Waals surface area contributed by atoms with Crippen LogP contribution in [0.3, 0.4) is 0 Å². The highest BCUT2D eigenvalue weighted by molar-refractivity contribution is 4.96. The summed E-state index contributed by atoms with van der Waals surface area (Å²) in [5.74, 6) is 0.859. The summed E-state index contributed by atoms with van der Waals surface area (Å²) in [7, 11) is 6.57. The van der Waals surface area contributed by atoms with E-state index < -0.39 is 0 Å². The Balaban J connectivity index is 2.53. The maximum atomic E-state index is 6.17. The van der Waals surface area contributed by atoms with E-state index >= 15 is 0 Å². The van der Waals surface area contributed by atoms with Gasteiger partial charge in [0, 0.05) is 12.1 Å². The van der Waals surface area contributed by atoms with Gasteiger partial charge in [0.25, 0.3) is 0 Å². The summed E-state index contributed by atoms with van der Waals surface area (Å²) < 4.78 is 0. The topological polar surface area (TPSA) is 32.5 Å². The second-order valence-corrected chi connectivity index (χ2v) is 8.15. The van der Waals surface area contributed by atoms with Gasteiger partial charge in [0.05, 0.1) is 0 Å². The number of hydrogen-bond acceptors (Lipinski definition) is 3. The van der Waals surface area contributed by atoms with Crippen molar-refractivity contribution in [2.45, 2.75) is 58.4 Å². The summed E-state index contributed by atoms with van der Waals surface area (Å²) in [6.07, 6.45) is 6.43. The van der Waals surface area contributed by atoms with Crippen molar-refractivity contribution in [3.63, 3.8) is 0 Å². The van der Waals surface area contributed by atoms with Gasteiger partial charge in [-0.05, 0) is 77.7 Å². The average Bonchev–Trinajstić information content (AvgIpc) is 2.37. The SMILES string of the molecule is CN(C)CCCN(C)C1(CN)CCC(C(C)(C)C)CC1. The van der Waals surface area contributed by atoms with Gasteiger partial charge in [0.2, 0.25) is 0 Å². The molecule has 1 rings (SSSR count). The molecule has 2 N–H and O–H groups in total. The van der Waals surface area contributed by atoms with Crippen LogP contribution in [0.25, 0.3) is 0 Å². The molecule has 0 aromatic carbocycles. The zero-order valence-electron chi connectivity index (χ0n) is 14.7. The van der Waals surface area contributed by atoms with Crippen molar-refractivity contribution in [2.24, 2.45) is 17.1 Å². The fourth-order valence-electron chi connectivity index (χ4n) is 3.62. The molecule has 0 saturated heterocycles. The van der Waals surface area contributed by atoms with Gasteiger partial charge in [-0.15, -0.1) is 0 Å². The Labute approximate surface area is 126 Å². The van der Waals surface area contributed by atoms with Gasteiger partial charge in [0.1, 0.15) is 0 Å². The standard InChI is InChI=1S/C17H37N3/c1-16(2,3)15-8-10-17(14-18,11-9-15)20(6)13-7-12-19(4)5/h15H,7-14,18H2,1-6H3. The lowest BCUT2D eigenvalue weighted by molar-refractivity contribution is 0.0366. The molecule has 0 amide bonds. The zero-order valence-corrected chi connectivity index (χ0v) is 14.7. The maximum Gasteiger partial charge on any atom is 0.0328 e. The number of nitrogens with two attached hydrogens (primary N) is 1. The Kier molecular flexibility index (Phi) is 6.49. The van der Waals surface area contributed by atoms with Gasteiger partial charge in [-0.2, -0.15) is 0 Å². The van der Waals surface area contributed by atoms with Crippen LogP contribution in [0.4, 0.5) is 0 Å². The van der Waals surface area contributed by atoms with Crippen LogP contribution in [0, 0.1) is 11.3 Å². The molecule has 0 aromatic rings. The van der Waals surface area contributed by atoms with E-state index in [1.165, 1.54) is 32.1 Å². The summed E-state index contributed by atoms with van der Waals surface area (Å²) in [6.45, 7) is 10.3. The van der Waals surface area contributed by atoms with Crippen LogP contribution in [-0.2, 0) is 0 Å². The van der Waals surface area contributed by atoms with Crippen LogP contribution in [-0.4, -0.2) is 56.1 Å². The highest BCUT2D eigenvalue weighted by atomic mass is 15.2. The number of rotatable bonds is 6. The van der Waals surface area contributed by atoms with Crippen molar-refractivity contribution in [3.05, 3.63) is 0 Å². The van der Waals surface area contributed by atoms with Gasteiger partial charge >= 0.3 is 0 Å². The summed E-state index contributed by atoms with van der Waals surface area (Å²) in [4.78, 5) is 4.81. The molecule has 0 heterocycles. The molecule has 120 valence electrons. The van der Waals surface area contributed by atoms with Gasteiger partial charge in [-0.25, -0.2) is 0 Å². The Hall–Kier alpha value is -0.120. The Morgan fingerprint density at radius 1 is 1.05 bits per heavy atom. The lowest BCUT2D eigenvalue weighted by atomic mass is 9.67. The van der Waals surface area contributed by atoms with Crippen molar-refractivity contribution < 1.29 is 0 Å². The van der Waals surface area contributed by atoms with E-state index in [1.54, 1.807) is 0 Å². The van der Waals surface area contributed by atoms with E-state index in [-0.39, 0.29) is 5.54 Å². The van der Waals surface area contributed by atoms with E-state index in [2.05, 4.69) is 51.7 Å². The maximum absolute atomic E-state index is 6.17. The largest absolute Gasteiger partial charge is 0.329 e. The summed E-state index contributed by atoms with van der Waals surface area (Å²) in [6, 6.07) is 0. The van der Waals surface area contributed by atoms with Crippen LogP contribution in [0.1, 0.15) is 52.9 Å². The van der Waals surface area contributed by atoms with E-state index in [0.717, 1.165) is 25.6 Å². The minimum Gasteiger partial charge on any atom is -0.329 e. The minimum atomic E-state index is 0.258.